The lowest BCUT2D eigenvalue weighted by atomic mass is 10.2. The van der Waals surface area contributed by atoms with Gasteiger partial charge in [0, 0.05) is 19.6 Å². The minimum Gasteiger partial charge on any atom is -0.394 e. The van der Waals surface area contributed by atoms with Crippen LogP contribution < -0.4 is 10.6 Å². The smallest absolute Gasteiger partial charge is 0.150 e. The van der Waals surface area contributed by atoms with Crippen LogP contribution in [-0.4, -0.2) is 22.4 Å². The Bertz CT molecular complexity index is 357. The number of hydrogen-bond donors (Lipinski definition) is 1. The molecule has 2 N–H and O–H groups in total. The van der Waals surface area contributed by atoms with Gasteiger partial charge in [-0.15, -0.1) is 0 Å². The Morgan fingerprint density at radius 3 is 2.47 bits per heavy atom. The fraction of sp³-hybridized carbons (Fsp3) is 0.769. The highest BCUT2D eigenvalue weighted by atomic mass is 15.4. The van der Waals surface area contributed by atoms with E-state index < -0.39 is 0 Å². The first-order chi connectivity index (χ1) is 8.02. The topological polar surface area (TPSA) is 47.1 Å². The summed E-state index contributed by atoms with van der Waals surface area (Å²) in [5.74, 6) is 1.07. The maximum absolute atomic E-state index is 6.14. The molecule has 0 amide bonds. The second-order valence-corrected chi connectivity index (χ2v) is 4.75. The molecule has 0 saturated heterocycles. The number of hydrogen-bond acceptors (Lipinski definition) is 3. The molecule has 0 radical (unpaired) electrons. The van der Waals surface area contributed by atoms with Crippen molar-refractivity contribution in [1.82, 2.24) is 9.78 Å². The van der Waals surface area contributed by atoms with Gasteiger partial charge in [0.1, 0.15) is 0 Å². The highest BCUT2D eigenvalue weighted by molar-refractivity contribution is 5.66. The van der Waals surface area contributed by atoms with E-state index in [0.29, 0.717) is 6.04 Å². The Morgan fingerprint density at radius 1 is 1.41 bits per heavy atom. The van der Waals surface area contributed by atoms with Gasteiger partial charge in [-0.05, 0) is 26.7 Å². The highest BCUT2D eigenvalue weighted by Gasteiger charge is 2.20. The van der Waals surface area contributed by atoms with Gasteiger partial charge in [-0.2, -0.15) is 5.10 Å². The van der Waals surface area contributed by atoms with Crippen molar-refractivity contribution in [3.8, 4) is 0 Å². The minimum atomic E-state index is 0.499. The molecule has 1 heterocycles. The summed E-state index contributed by atoms with van der Waals surface area (Å²) in [5.41, 5.74) is 7.89. The molecule has 1 atom stereocenters. The summed E-state index contributed by atoms with van der Waals surface area (Å²) in [7, 11) is 1.97. The molecule has 1 rings (SSSR count). The Labute approximate surface area is 105 Å². The molecule has 1 aromatic rings. The summed E-state index contributed by atoms with van der Waals surface area (Å²) in [6.07, 6.45) is 3.51. The largest absolute Gasteiger partial charge is 0.394 e. The molecule has 1 unspecified atom stereocenters. The van der Waals surface area contributed by atoms with Gasteiger partial charge < -0.3 is 10.6 Å². The zero-order chi connectivity index (χ0) is 13.0. The molecule has 0 aromatic carbocycles. The third-order valence-corrected chi connectivity index (χ3v) is 3.38. The summed E-state index contributed by atoms with van der Waals surface area (Å²) < 4.78 is 1.91. The van der Waals surface area contributed by atoms with Crippen LogP contribution in [0.4, 0.5) is 11.5 Å². The Kier molecular flexibility index (Phi) is 4.85. The van der Waals surface area contributed by atoms with Crippen molar-refractivity contribution >= 4 is 11.5 Å². The molecule has 4 heteroatoms. The first-order valence-electron chi connectivity index (χ1n) is 6.58. The van der Waals surface area contributed by atoms with Crippen LogP contribution >= 0.6 is 0 Å². The third-order valence-electron chi connectivity index (χ3n) is 3.38. The van der Waals surface area contributed by atoms with Crippen LogP contribution in [-0.2, 0) is 7.05 Å². The fourth-order valence-electron chi connectivity index (χ4n) is 2.09. The molecule has 0 bridgehead atoms. The van der Waals surface area contributed by atoms with Gasteiger partial charge in [0.15, 0.2) is 5.82 Å². The number of aryl methyl sites for hydroxylation is 2. The predicted molar refractivity (Wildman–Crippen MR) is 74.4 cm³/mol. The van der Waals surface area contributed by atoms with E-state index in [1.165, 1.54) is 12.8 Å². The zero-order valence-corrected chi connectivity index (χ0v) is 11.8. The lowest BCUT2D eigenvalue weighted by molar-refractivity contribution is 0.572. The molecule has 0 fully saturated rings. The zero-order valence-electron chi connectivity index (χ0n) is 11.8. The first kappa shape index (κ1) is 13.9. The molecule has 1 aromatic heterocycles. The monoisotopic (exact) mass is 238 g/mol. The molecule has 0 aliphatic rings. The van der Waals surface area contributed by atoms with E-state index in [-0.39, 0.29) is 0 Å². The van der Waals surface area contributed by atoms with E-state index >= 15 is 0 Å². The molecule has 0 aliphatic heterocycles. The number of nitrogens with two attached hydrogens (primary N) is 1. The summed E-state index contributed by atoms with van der Waals surface area (Å²) >= 11 is 0. The lowest BCUT2D eigenvalue weighted by Gasteiger charge is -2.30. The number of unbranched alkanes of at least 4 members (excludes halogenated alkanes) is 1. The van der Waals surface area contributed by atoms with Gasteiger partial charge >= 0.3 is 0 Å². The SMILES string of the molecule is CCCCN(c1c(N)c(C)nn1C)C(C)CC. The van der Waals surface area contributed by atoms with Crippen LogP contribution in [0, 0.1) is 6.92 Å². The van der Waals surface area contributed by atoms with E-state index in [1.54, 1.807) is 0 Å². The van der Waals surface area contributed by atoms with Crippen molar-refractivity contribution in [3.05, 3.63) is 5.69 Å². The van der Waals surface area contributed by atoms with E-state index in [0.717, 1.165) is 30.2 Å². The second-order valence-electron chi connectivity index (χ2n) is 4.75. The Hall–Kier alpha value is -1.19. The van der Waals surface area contributed by atoms with Gasteiger partial charge in [0.05, 0.1) is 11.4 Å². The Balaban J connectivity index is 3.03. The predicted octanol–water partition coefficient (Wildman–Crippen LogP) is 2.72. The van der Waals surface area contributed by atoms with Crippen LogP contribution in [0.25, 0.3) is 0 Å². The van der Waals surface area contributed by atoms with Gasteiger partial charge in [0.25, 0.3) is 0 Å². The third kappa shape index (κ3) is 2.93. The van der Waals surface area contributed by atoms with E-state index in [1.807, 2.05) is 18.7 Å². The maximum atomic E-state index is 6.14. The van der Waals surface area contributed by atoms with Gasteiger partial charge in [0.2, 0.25) is 0 Å². The maximum Gasteiger partial charge on any atom is 0.150 e. The summed E-state index contributed by atoms with van der Waals surface area (Å²) in [6, 6.07) is 0.499. The number of aromatic nitrogens is 2. The van der Waals surface area contributed by atoms with Gasteiger partial charge in [-0.1, -0.05) is 20.3 Å². The van der Waals surface area contributed by atoms with Crippen LogP contribution in [0.3, 0.4) is 0 Å². The van der Waals surface area contributed by atoms with Crippen molar-refractivity contribution in [1.29, 1.82) is 0 Å². The normalized spacial score (nSPS) is 12.8. The highest BCUT2D eigenvalue weighted by Crippen LogP contribution is 2.28. The van der Waals surface area contributed by atoms with E-state index in [2.05, 4.69) is 30.8 Å². The minimum absolute atomic E-state index is 0.499. The van der Waals surface area contributed by atoms with Crippen molar-refractivity contribution in [2.75, 3.05) is 17.2 Å². The molecule has 17 heavy (non-hydrogen) atoms. The van der Waals surface area contributed by atoms with Crippen molar-refractivity contribution in [3.63, 3.8) is 0 Å². The molecule has 98 valence electrons. The molecule has 0 aliphatic carbocycles. The van der Waals surface area contributed by atoms with Crippen molar-refractivity contribution < 1.29 is 0 Å². The lowest BCUT2D eigenvalue weighted by Crippen LogP contribution is -2.35. The first-order valence-corrected chi connectivity index (χ1v) is 6.58. The average Bonchev–Trinajstić information content (AvgIpc) is 2.55. The molecule has 4 nitrogen and oxygen atoms in total. The van der Waals surface area contributed by atoms with E-state index in [9.17, 15) is 0 Å². The average molecular weight is 238 g/mol. The molecule has 0 saturated carbocycles. The van der Waals surface area contributed by atoms with Crippen LogP contribution in [0.2, 0.25) is 0 Å². The van der Waals surface area contributed by atoms with Gasteiger partial charge in [-0.25, -0.2) is 0 Å². The van der Waals surface area contributed by atoms with Gasteiger partial charge in [-0.3, -0.25) is 4.68 Å². The molecular formula is C13H26N4. The van der Waals surface area contributed by atoms with Crippen LogP contribution in [0.5, 0.6) is 0 Å². The molecule has 0 spiro atoms. The summed E-state index contributed by atoms with van der Waals surface area (Å²) in [6.45, 7) is 9.69. The second kappa shape index (κ2) is 5.94. The summed E-state index contributed by atoms with van der Waals surface area (Å²) in [4.78, 5) is 2.39. The number of nitrogen functional groups attached to an aromatic ring is 1. The standard InChI is InChI=1S/C13H26N4/c1-6-8-9-17(10(3)7-2)13-12(14)11(4)15-16(13)5/h10H,6-9,14H2,1-5H3. The fourth-order valence-corrected chi connectivity index (χ4v) is 2.09. The number of rotatable bonds is 6. The summed E-state index contributed by atoms with van der Waals surface area (Å²) in [5, 5.41) is 4.41. The van der Waals surface area contributed by atoms with Crippen LogP contribution in [0.15, 0.2) is 0 Å². The Morgan fingerprint density at radius 2 is 2.06 bits per heavy atom. The van der Waals surface area contributed by atoms with Crippen molar-refractivity contribution in [2.45, 2.75) is 53.0 Å². The number of anilines is 2. The van der Waals surface area contributed by atoms with E-state index in [4.69, 9.17) is 5.73 Å². The van der Waals surface area contributed by atoms with Crippen LogP contribution in [0.1, 0.15) is 45.7 Å². The molecular weight excluding hydrogens is 212 g/mol. The van der Waals surface area contributed by atoms with Crippen molar-refractivity contribution in [2.24, 2.45) is 7.05 Å². The number of nitrogens with zero attached hydrogens (tertiary/aromatic N) is 3. The quantitative estimate of drug-likeness (QED) is 0.829.